The van der Waals surface area contributed by atoms with Gasteiger partial charge in [-0.25, -0.2) is 18.4 Å². The van der Waals surface area contributed by atoms with Gasteiger partial charge in [0.2, 0.25) is 5.88 Å². The summed E-state index contributed by atoms with van der Waals surface area (Å²) in [6.45, 7) is 0. The van der Waals surface area contributed by atoms with Crippen molar-refractivity contribution in [2.45, 2.75) is 4.90 Å². The minimum atomic E-state index is -3.82. The van der Waals surface area contributed by atoms with Crippen LogP contribution < -0.4 is 15.0 Å². The van der Waals surface area contributed by atoms with E-state index in [0.717, 1.165) is 0 Å². The molecule has 0 saturated carbocycles. The molecular formula is C20H16N4O4S. The lowest BCUT2D eigenvalue weighted by molar-refractivity contribution is 0.400. The van der Waals surface area contributed by atoms with Crippen molar-refractivity contribution in [3.05, 3.63) is 83.5 Å². The second-order valence-corrected chi connectivity index (χ2v) is 7.81. The highest BCUT2D eigenvalue weighted by molar-refractivity contribution is 7.92. The lowest BCUT2D eigenvalue weighted by Gasteiger charge is -2.13. The van der Waals surface area contributed by atoms with Crippen LogP contribution in [0.3, 0.4) is 0 Å². The van der Waals surface area contributed by atoms with E-state index < -0.39 is 10.0 Å². The third kappa shape index (κ3) is 3.67. The summed E-state index contributed by atoms with van der Waals surface area (Å²) >= 11 is 0. The summed E-state index contributed by atoms with van der Waals surface area (Å²) in [5, 5.41) is 0. The Balaban J connectivity index is 1.78. The molecule has 1 aromatic carbocycles. The van der Waals surface area contributed by atoms with Crippen molar-refractivity contribution >= 4 is 21.4 Å². The molecular weight excluding hydrogens is 392 g/mol. The number of benzene rings is 1. The third-order valence-corrected chi connectivity index (χ3v) is 5.65. The van der Waals surface area contributed by atoms with Crippen LogP contribution in [0.5, 0.6) is 5.88 Å². The molecule has 0 spiro atoms. The Labute approximate surface area is 166 Å². The summed E-state index contributed by atoms with van der Waals surface area (Å²) in [7, 11) is -2.42. The van der Waals surface area contributed by atoms with Crippen LogP contribution in [0, 0.1) is 0 Å². The number of hydrogen-bond acceptors (Lipinski definition) is 6. The summed E-state index contributed by atoms with van der Waals surface area (Å²) in [6.07, 6.45) is 4.62. The van der Waals surface area contributed by atoms with Crippen molar-refractivity contribution in [1.29, 1.82) is 0 Å². The van der Waals surface area contributed by atoms with Crippen molar-refractivity contribution in [2.75, 3.05) is 11.8 Å². The second-order valence-electron chi connectivity index (χ2n) is 6.13. The van der Waals surface area contributed by atoms with Crippen LogP contribution in [0.4, 0.5) is 5.69 Å². The van der Waals surface area contributed by atoms with E-state index in [9.17, 15) is 13.2 Å². The quantitative estimate of drug-likeness (QED) is 0.544. The van der Waals surface area contributed by atoms with E-state index in [-0.39, 0.29) is 22.0 Å². The van der Waals surface area contributed by atoms with Gasteiger partial charge in [0, 0.05) is 35.8 Å². The highest BCUT2D eigenvalue weighted by Gasteiger charge is 2.18. The van der Waals surface area contributed by atoms with Gasteiger partial charge >= 0.3 is 0 Å². The zero-order valence-electron chi connectivity index (χ0n) is 15.3. The molecule has 146 valence electrons. The molecule has 0 amide bonds. The highest BCUT2D eigenvalue weighted by atomic mass is 32.2. The number of nitrogens with zero attached hydrogens (tertiary/aromatic N) is 3. The maximum absolute atomic E-state index is 12.7. The van der Waals surface area contributed by atoms with Crippen molar-refractivity contribution < 1.29 is 13.2 Å². The van der Waals surface area contributed by atoms with Crippen LogP contribution in [0.25, 0.3) is 16.8 Å². The Kier molecular flexibility index (Phi) is 4.73. The number of hydrogen-bond donors (Lipinski definition) is 1. The molecule has 8 nitrogen and oxygen atoms in total. The number of pyridine rings is 2. The molecule has 29 heavy (non-hydrogen) atoms. The topological polar surface area (TPSA) is 103 Å². The fourth-order valence-corrected chi connectivity index (χ4v) is 3.92. The first-order chi connectivity index (χ1) is 14.0. The van der Waals surface area contributed by atoms with Crippen molar-refractivity contribution in [2.24, 2.45) is 0 Å². The normalized spacial score (nSPS) is 11.3. The minimum Gasteiger partial charge on any atom is -0.480 e. The largest absolute Gasteiger partial charge is 0.480 e. The van der Waals surface area contributed by atoms with Crippen molar-refractivity contribution in [3.8, 4) is 17.0 Å². The Bertz CT molecular complexity index is 1350. The average Bonchev–Trinajstić information content (AvgIpc) is 2.74. The molecule has 0 fully saturated rings. The predicted molar refractivity (Wildman–Crippen MR) is 108 cm³/mol. The number of fused-ring (bicyclic) bond motifs is 1. The molecule has 0 aliphatic carbocycles. The molecule has 3 heterocycles. The number of anilines is 1. The van der Waals surface area contributed by atoms with E-state index >= 15 is 0 Å². The van der Waals surface area contributed by atoms with Crippen molar-refractivity contribution in [1.82, 2.24) is 14.4 Å². The van der Waals surface area contributed by atoms with Gasteiger partial charge in [0.25, 0.3) is 15.6 Å². The van der Waals surface area contributed by atoms with E-state index in [1.165, 1.54) is 35.9 Å². The van der Waals surface area contributed by atoms with E-state index in [4.69, 9.17) is 4.74 Å². The van der Waals surface area contributed by atoms with Crippen LogP contribution in [0.15, 0.2) is 82.9 Å². The van der Waals surface area contributed by atoms with Gasteiger partial charge in [0.05, 0.1) is 12.0 Å². The van der Waals surface area contributed by atoms with Gasteiger partial charge in [-0.3, -0.25) is 13.9 Å². The lowest BCUT2D eigenvalue weighted by atomic mass is 10.1. The number of ether oxygens (including phenoxy) is 1. The molecule has 1 N–H and O–H groups in total. The van der Waals surface area contributed by atoms with E-state index in [1.54, 1.807) is 48.8 Å². The Hall–Kier alpha value is -3.72. The van der Waals surface area contributed by atoms with Crippen LogP contribution in [-0.2, 0) is 10.0 Å². The summed E-state index contributed by atoms with van der Waals surface area (Å²) < 4.78 is 34.5. The fourth-order valence-electron chi connectivity index (χ4n) is 2.85. The first-order valence-corrected chi connectivity index (χ1v) is 10.1. The van der Waals surface area contributed by atoms with Gasteiger partial charge in [-0.15, -0.1) is 0 Å². The Morgan fingerprint density at radius 2 is 1.79 bits per heavy atom. The third-order valence-electron chi connectivity index (χ3n) is 4.26. The molecule has 0 atom stereocenters. The molecule has 0 aliphatic rings. The zero-order valence-corrected chi connectivity index (χ0v) is 16.1. The summed E-state index contributed by atoms with van der Waals surface area (Å²) in [4.78, 5) is 20.5. The molecule has 4 aromatic rings. The number of methoxy groups -OCH3 is 1. The molecule has 0 bridgehead atoms. The molecule has 0 unspecified atom stereocenters. The SMILES string of the molecule is COc1ncc(-c2ccc3nccc(=O)n3c2)cc1NS(=O)(=O)c1ccccc1. The van der Waals surface area contributed by atoms with Gasteiger partial charge in [-0.2, -0.15) is 0 Å². The van der Waals surface area contributed by atoms with Gasteiger partial charge in [0.15, 0.2) is 0 Å². The number of nitrogens with one attached hydrogen (secondary N) is 1. The standard InChI is InChI=1S/C20H16N4O4S/c1-28-20-17(23-29(26,27)16-5-3-2-4-6-16)11-15(12-22-20)14-7-8-18-21-10-9-19(25)24(18)13-14/h2-13,23H,1H3. The molecule has 3 aromatic heterocycles. The highest BCUT2D eigenvalue weighted by Crippen LogP contribution is 2.30. The molecule has 0 saturated heterocycles. The number of aromatic nitrogens is 3. The molecule has 0 aliphatic heterocycles. The van der Waals surface area contributed by atoms with Crippen LogP contribution in [-0.4, -0.2) is 29.9 Å². The number of sulfonamides is 1. The maximum Gasteiger partial charge on any atom is 0.262 e. The maximum atomic E-state index is 12.7. The fraction of sp³-hybridized carbons (Fsp3) is 0.0500. The Morgan fingerprint density at radius 3 is 2.55 bits per heavy atom. The number of rotatable bonds is 5. The first-order valence-electron chi connectivity index (χ1n) is 8.58. The van der Waals surface area contributed by atoms with Crippen LogP contribution in [0.1, 0.15) is 0 Å². The average molecular weight is 408 g/mol. The van der Waals surface area contributed by atoms with Gasteiger partial charge < -0.3 is 4.74 Å². The summed E-state index contributed by atoms with van der Waals surface area (Å²) in [5.41, 5.74) is 1.75. The van der Waals surface area contributed by atoms with E-state index in [1.807, 2.05) is 0 Å². The second kappa shape index (κ2) is 7.36. The van der Waals surface area contributed by atoms with Crippen LogP contribution >= 0.6 is 0 Å². The van der Waals surface area contributed by atoms with Crippen LogP contribution in [0.2, 0.25) is 0 Å². The van der Waals surface area contributed by atoms with Gasteiger partial charge in [0.1, 0.15) is 11.3 Å². The van der Waals surface area contributed by atoms with E-state index in [0.29, 0.717) is 16.8 Å². The van der Waals surface area contributed by atoms with Gasteiger partial charge in [-0.1, -0.05) is 18.2 Å². The molecule has 0 radical (unpaired) electrons. The predicted octanol–water partition coefficient (Wildman–Crippen LogP) is 2.57. The first kappa shape index (κ1) is 18.6. The summed E-state index contributed by atoms with van der Waals surface area (Å²) in [6, 6.07) is 14.5. The van der Waals surface area contributed by atoms with Gasteiger partial charge in [-0.05, 0) is 30.3 Å². The summed E-state index contributed by atoms with van der Waals surface area (Å²) in [5.74, 6) is 0.132. The molecule has 4 rings (SSSR count). The monoisotopic (exact) mass is 408 g/mol. The Morgan fingerprint density at radius 1 is 1.00 bits per heavy atom. The molecule has 9 heteroatoms. The van der Waals surface area contributed by atoms with E-state index in [2.05, 4.69) is 14.7 Å². The van der Waals surface area contributed by atoms with Crippen molar-refractivity contribution in [3.63, 3.8) is 0 Å². The zero-order chi connectivity index (χ0) is 20.4. The lowest BCUT2D eigenvalue weighted by Crippen LogP contribution is -2.14. The minimum absolute atomic E-state index is 0.121. The smallest absolute Gasteiger partial charge is 0.262 e.